The van der Waals surface area contributed by atoms with Gasteiger partial charge in [0.05, 0.1) is 7.11 Å². The summed E-state index contributed by atoms with van der Waals surface area (Å²) in [6.45, 7) is 0.870. The molecule has 1 saturated carbocycles. The van der Waals surface area contributed by atoms with Crippen molar-refractivity contribution >= 4 is 11.6 Å². The number of hydrogen-bond donors (Lipinski definition) is 0. The molecule has 1 heterocycles. The van der Waals surface area contributed by atoms with E-state index < -0.39 is 0 Å². The summed E-state index contributed by atoms with van der Waals surface area (Å²) >= 11 is 0. The van der Waals surface area contributed by atoms with Crippen LogP contribution >= 0.6 is 0 Å². The Balaban J connectivity index is 1.93. The molecule has 0 aromatic heterocycles. The fourth-order valence-corrected chi connectivity index (χ4v) is 2.48. The number of aryl methyl sites for hydroxylation is 1. The normalized spacial score (nSPS) is 18.8. The molecule has 90 valence electrons. The van der Waals surface area contributed by atoms with Crippen molar-refractivity contribution in [3.8, 4) is 5.75 Å². The van der Waals surface area contributed by atoms with Gasteiger partial charge in [-0.1, -0.05) is 0 Å². The molecule has 0 bridgehead atoms. The van der Waals surface area contributed by atoms with Gasteiger partial charge in [-0.15, -0.1) is 0 Å². The fraction of sp³-hybridized carbons (Fsp3) is 0.500. The minimum absolute atomic E-state index is 0.294. The van der Waals surface area contributed by atoms with Crippen LogP contribution in [0.5, 0.6) is 5.75 Å². The first-order valence-corrected chi connectivity index (χ1v) is 6.28. The zero-order valence-electron chi connectivity index (χ0n) is 10.1. The standard InChI is InChI=1S/C14H17NO2/c1-17-12-6-7-13-11(9-12)3-2-8-15(13)14(16)10-4-5-10/h6-7,9-10H,2-5,8H2,1H3. The quantitative estimate of drug-likeness (QED) is 0.782. The van der Waals surface area contributed by atoms with Crippen molar-refractivity contribution in [2.45, 2.75) is 25.7 Å². The Morgan fingerprint density at radius 1 is 1.41 bits per heavy atom. The van der Waals surface area contributed by atoms with E-state index in [1.54, 1.807) is 7.11 Å². The summed E-state index contributed by atoms with van der Waals surface area (Å²) in [4.78, 5) is 14.1. The highest BCUT2D eigenvalue weighted by Crippen LogP contribution is 2.36. The number of nitrogens with zero attached hydrogens (tertiary/aromatic N) is 1. The Morgan fingerprint density at radius 3 is 2.94 bits per heavy atom. The van der Waals surface area contributed by atoms with Crippen molar-refractivity contribution in [1.82, 2.24) is 0 Å². The maximum atomic E-state index is 12.2. The summed E-state index contributed by atoms with van der Waals surface area (Å²) in [6.07, 6.45) is 4.24. The summed E-state index contributed by atoms with van der Waals surface area (Å²) in [5.41, 5.74) is 2.33. The Bertz CT molecular complexity index is 452. The SMILES string of the molecule is COc1ccc2c(c1)CCCN2C(=O)C1CC1. The first-order chi connectivity index (χ1) is 8.29. The predicted octanol–water partition coefficient (Wildman–Crippen LogP) is 2.38. The topological polar surface area (TPSA) is 29.5 Å². The molecule has 3 heteroatoms. The molecule has 0 radical (unpaired) electrons. The largest absolute Gasteiger partial charge is 0.497 e. The number of benzene rings is 1. The molecule has 1 amide bonds. The molecule has 1 aliphatic heterocycles. The van der Waals surface area contributed by atoms with Crippen LogP contribution in [0.2, 0.25) is 0 Å². The third-order valence-corrected chi connectivity index (χ3v) is 3.60. The molecule has 0 spiro atoms. The second kappa shape index (κ2) is 4.06. The van der Waals surface area contributed by atoms with E-state index >= 15 is 0 Å². The maximum Gasteiger partial charge on any atom is 0.230 e. The van der Waals surface area contributed by atoms with Gasteiger partial charge in [0.15, 0.2) is 0 Å². The minimum atomic E-state index is 0.294. The Kier molecular flexibility index (Phi) is 2.54. The summed E-state index contributed by atoms with van der Waals surface area (Å²) < 4.78 is 5.23. The zero-order valence-corrected chi connectivity index (χ0v) is 10.1. The third-order valence-electron chi connectivity index (χ3n) is 3.60. The van der Waals surface area contributed by atoms with Gasteiger partial charge in [0.1, 0.15) is 5.75 Å². The van der Waals surface area contributed by atoms with Gasteiger partial charge < -0.3 is 9.64 Å². The minimum Gasteiger partial charge on any atom is -0.497 e. The molecule has 0 N–H and O–H groups in total. The summed E-state index contributed by atoms with van der Waals surface area (Å²) in [5.74, 6) is 1.49. The van der Waals surface area contributed by atoms with Gasteiger partial charge in [0.25, 0.3) is 0 Å². The van der Waals surface area contributed by atoms with Crippen molar-refractivity contribution in [3.63, 3.8) is 0 Å². The van der Waals surface area contributed by atoms with Crippen LogP contribution in [0.15, 0.2) is 18.2 Å². The van der Waals surface area contributed by atoms with Crippen LogP contribution in [0.3, 0.4) is 0 Å². The predicted molar refractivity (Wildman–Crippen MR) is 66.4 cm³/mol. The van der Waals surface area contributed by atoms with Crippen LogP contribution in [0, 0.1) is 5.92 Å². The molecule has 0 atom stereocenters. The van der Waals surface area contributed by atoms with Crippen LogP contribution in [0.4, 0.5) is 5.69 Å². The lowest BCUT2D eigenvalue weighted by molar-refractivity contribution is -0.119. The molecular weight excluding hydrogens is 214 g/mol. The molecule has 17 heavy (non-hydrogen) atoms. The number of carbonyl (C=O) groups is 1. The molecule has 0 unspecified atom stereocenters. The monoisotopic (exact) mass is 231 g/mol. The van der Waals surface area contributed by atoms with Gasteiger partial charge in [-0.05, 0) is 49.4 Å². The number of ether oxygens (including phenoxy) is 1. The Hall–Kier alpha value is -1.51. The van der Waals surface area contributed by atoms with E-state index in [4.69, 9.17) is 4.74 Å². The van der Waals surface area contributed by atoms with Gasteiger partial charge in [-0.2, -0.15) is 0 Å². The third kappa shape index (κ3) is 1.90. The number of hydrogen-bond acceptors (Lipinski definition) is 2. The highest BCUT2D eigenvalue weighted by molar-refractivity contribution is 5.97. The van der Waals surface area contributed by atoms with E-state index in [-0.39, 0.29) is 0 Å². The van der Waals surface area contributed by atoms with Crippen LogP contribution in [-0.2, 0) is 11.2 Å². The number of anilines is 1. The first-order valence-electron chi connectivity index (χ1n) is 6.28. The van der Waals surface area contributed by atoms with E-state index in [0.29, 0.717) is 11.8 Å². The van der Waals surface area contributed by atoms with Crippen molar-refractivity contribution in [3.05, 3.63) is 23.8 Å². The highest BCUT2D eigenvalue weighted by Gasteiger charge is 2.35. The van der Waals surface area contributed by atoms with E-state index in [0.717, 1.165) is 43.7 Å². The number of rotatable bonds is 2. The van der Waals surface area contributed by atoms with E-state index in [9.17, 15) is 4.79 Å². The average molecular weight is 231 g/mol. The van der Waals surface area contributed by atoms with Crippen LogP contribution in [-0.4, -0.2) is 19.6 Å². The molecule has 0 saturated heterocycles. The number of methoxy groups -OCH3 is 1. The lowest BCUT2D eigenvalue weighted by atomic mass is 10.0. The van der Waals surface area contributed by atoms with Crippen molar-refractivity contribution in [1.29, 1.82) is 0 Å². The molecule has 3 nitrogen and oxygen atoms in total. The lowest BCUT2D eigenvalue weighted by Gasteiger charge is -2.29. The summed E-state index contributed by atoms with van der Waals surface area (Å²) in [7, 11) is 1.68. The van der Waals surface area contributed by atoms with Gasteiger partial charge in [0, 0.05) is 18.2 Å². The average Bonchev–Trinajstić information content (AvgIpc) is 3.20. The van der Waals surface area contributed by atoms with Crippen molar-refractivity contribution in [2.24, 2.45) is 5.92 Å². The number of fused-ring (bicyclic) bond motifs is 1. The van der Waals surface area contributed by atoms with E-state index in [1.165, 1.54) is 5.56 Å². The second-order valence-electron chi connectivity index (χ2n) is 4.86. The number of carbonyl (C=O) groups excluding carboxylic acids is 1. The molecular formula is C14H17NO2. The zero-order chi connectivity index (χ0) is 11.8. The second-order valence-corrected chi connectivity index (χ2v) is 4.86. The smallest absolute Gasteiger partial charge is 0.230 e. The van der Waals surface area contributed by atoms with Gasteiger partial charge in [-0.3, -0.25) is 4.79 Å². The number of amides is 1. The lowest BCUT2D eigenvalue weighted by Crippen LogP contribution is -2.36. The Morgan fingerprint density at radius 2 is 2.24 bits per heavy atom. The van der Waals surface area contributed by atoms with Crippen LogP contribution in [0.1, 0.15) is 24.8 Å². The molecule has 2 aliphatic rings. The summed E-state index contributed by atoms with van der Waals surface area (Å²) in [6, 6.07) is 6.02. The molecule has 3 rings (SSSR count). The molecule has 1 fully saturated rings. The van der Waals surface area contributed by atoms with Gasteiger partial charge >= 0.3 is 0 Å². The highest BCUT2D eigenvalue weighted by atomic mass is 16.5. The fourth-order valence-electron chi connectivity index (χ4n) is 2.48. The molecule has 1 aromatic carbocycles. The Labute approximate surface area is 101 Å². The molecule has 1 aliphatic carbocycles. The van der Waals surface area contributed by atoms with Gasteiger partial charge in [0.2, 0.25) is 5.91 Å². The van der Waals surface area contributed by atoms with Crippen LogP contribution in [0.25, 0.3) is 0 Å². The van der Waals surface area contributed by atoms with Crippen molar-refractivity contribution < 1.29 is 9.53 Å². The summed E-state index contributed by atoms with van der Waals surface area (Å²) in [5, 5.41) is 0. The van der Waals surface area contributed by atoms with Gasteiger partial charge in [-0.25, -0.2) is 0 Å². The first kappa shape index (κ1) is 10.6. The molecule has 1 aromatic rings. The van der Waals surface area contributed by atoms with E-state index in [1.807, 2.05) is 17.0 Å². The van der Waals surface area contributed by atoms with Crippen LogP contribution < -0.4 is 9.64 Å². The van der Waals surface area contributed by atoms with E-state index in [2.05, 4.69) is 6.07 Å². The van der Waals surface area contributed by atoms with Crippen molar-refractivity contribution in [2.75, 3.05) is 18.6 Å². The maximum absolute atomic E-state index is 12.2.